The lowest BCUT2D eigenvalue weighted by molar-refractivity contribution is 0.0988. The van der Waals surface area contributed by atoms with Crippen molar-refractivity contribution in [1.29, 1.82) is 0 Å². The number of hydrogen-bond donors (Lipinski definition) is 0. The van der Waals surface area contributed by atoms with Gasteiger partial charge in [-0.05, 0) is 23.8 Å². The molecule has 0 atom stereocenters. The molecule has 0 saturated carbocycles. The number of benzene rings is 1. The van der Waals surface area contributed by atoms with Crippen molar-refractivity contribution >= 4 is 29.0 Å². The van der Waals surface area contributed by atoms with Crippen molar-refractivity contribution in [3.8, 4) is 0 Å². The summed E-state index contributed by atoms with van der Waals surface area (Å²) in [5.41, 5.74) is 1.15. The zero-order valence-corrected chi connectivity index (χ0v) is 10.4. The van der Waals surface area contributed by atoms with Crippen LogP contribution in [0.3, 0.4) is 0 Å². The van der Waals surface area contributed by atoms with Crippen LogP contribution in [0, 0.1) is 0 Å². The average Bonchev–Trinajstić information content (AvgIpc) is 2.36. The van der Waals surface area contributed by atoms with Crippen LogP contribution in [0.2, 0.25) is 10.0 Å². The van der Waals surface area contributed by atoms with E-state index in [0.717, 1.165) is 5.56 Å². The monoisotopic (exact) mass is 265 g/mol. The molecule has 0 unspecified atom stereocenters. The van der Waals surface area contributed by atoms with Gasteiger partial charge in [-0.25, -0.2) is 0 Å². The maximum absolute atomic E-state index is 11.9. The van der Waals surface area contributed by atoms with Gasteiger partial charge in [-0.2, -0.15) is 0 Å². The van der Waals surface area contributed by atoms with Crippen molar-refractivity contribution in [1.82, 2.24) is 4.98 Å². The summed E-state index contributed by atoms with van der Waals surface area (Å²) < 4.78 is 0. The second-order valence-corrected chi connectivity index (χ2v) is 4.31. The number of ketones is 1. The van der Waals surface area contributed by atoms with Crippen molar-refractivity contribution < 1.29 is 4.79 Å². The first-order chi connectivity index (χ1) is 8.18. The van der Waals surface area contributed by atoms with Gasteiger partial charge < -0.3 is 0 Å². The van der Waals surface area contributed by atoms with Crippen LogP contribution >= 0.6 is 23.2 Å². The highest BCUT2D eigenvalue weighted by atomic mass is 35.5. The molecule has 2 nitrogen and oxygen atoms in total. The quantitative estimate of drug-likeness (QED) is 0.790. The molecule has 0 saturated heterocycles. The Morgan fingerprint density at radius 2 is 1.94 bits per heavy atom. The molecule has 1 aromatic heterocycles. The second kappa shape index (κ2) is 5.30. The SMILES string of the molecule is O=C(Cc1cccc(Cl)c1Cl)c1ccccn1. The number of aromatic nitrogens is 1. The first kappa shape index (κ1) is 12.1. The van der Waals surface area contributed by atoms with E-state index in [-0.39, 0.29) is 12.2 Å². The van der Waals surface area contributed by atoms with E-state index in [1.807, 2.05) is 0 Å². The molecule has 86 valence electrons. The minimum Gasteiger partial charge on any atom is -0.292 e. The van der Waals surface area contributed by atoms with Gasteiger partial charge in [0.15, 0.2) is 5.78 Å². The number of halogens is 2. The van der Waals surface area contributed by atoms with Crippen molar-refractivity contribution in [2.24, 2.45) is 0 Å². The molecule has 0 N–H and O–H groups in total. The Balaban J connectivity index is 2.22. The number of pyridine rings is 1. The fraction of sp³-hybridized carbons (Fsp3) is 0.0769. The molecule has 17 heavy (non-hydrogen) atoms. The number of rotatable bonds is 3. The van der Waals surface area contributed by atoms with E-state index in [2.05, 4.69) is 4.98 Å². The predicted octanol–water partition coefficient (Wildman–Crippen LogP) is 3.81. The number of Topliss-reactive ketones (excluding diaryl/α,β-unsaturated/α-hetero) is 1. The van der Waals surface area contributed by atoms with Crippen LogP contribution in [0.15, 0.2) is 42.6 Å². The fourth-order valence-corrected chi connectivity index (χ4v) is 1.86. The summed E-state index contributed by atoms with van der Waals surface area (Å²) in [5, 5.41) is 0.886. The summed E-state index contributed by atoms with van der Waals surface area (Å²) in [6.07, 6.45) is 1.79. The number of carbonyl (C=O) groups excluding carboxylic acids is 1. The lowest BCUT2D eigenvalue weighted by Gasteiger charge is -2.04. The van der Waals surface area contributed by atoms with Crippen LogP contribution in [0.4, 0.5) is 0 Å². The molecule has 1 aromatic carbocycles. The highest BCUT2D eigenvalue weighted by Crippen LogP contribution is 2.26. The minimum absolute atomic E-state index is 0.0743. The Bertz CT molecular complexity index is 540. The Morgan fingerprint density at radius 3 is 2.65 bits per heavy atom. The number of carbonyl (C=O) groups is 1. The Labute approximate surface area is 109 Å². The van der Waals surface area contributed by atoms with E-state index in [9.17, 15) is 4.79 Å². The van der Waals surface area contributed by atoms with Crippen LogP contribution in [-0.2, 0) is 6.42 Å². The molecular formula is C13H9Cl2NO. The summed E-state index contributed by atoms with van der Waals surface area (Å²) in [6.45, 7) is 0. The molecule has 0 aliphatic rings. The van der Waals surface area contributed by atoms with Crippen LogP contribution in [-0.4, -0.2) is 10.8 Å². The van der Waals surface area contributed by atoms with Crippen molar-refractivity contribution in [2.45, 2.75) is 6.42 Å². The molecule has 2 rings (SSSR count). The van der Waals surface area contributed by atoms with Crippen LogP contribution < -0.4 is 0 Å². The maximum atomic E-state index is 11.9. The number of nitrogens with zero attached hydrogens (tertiary/aromatic N) is 1. The third-order valence-electron chi connectivity index (χ3n) is 2.33. The van der Waals surface area contributed by atoms with E-state index in [0.29, 0.717) is 15.7 Å². The minimum atomic E-state index is -0.0743. The molecular weight excluding hydrogens is 257 g/mol. The standard InChI is InChI=1S/C13H9Cl2NO/c14-10-5-3-4-9(13(10)15)8-12(17)11-6-1-2-7-16-11/h1-7H,8H2. The van der Waals surface area contributed by atoms with Gasteiger partial charge in [0.1, 0.15) is 5.69 Å². The van der Waals surface area contributed by atoms with Crippen LogP contribution in [0.25, 0.3) is 0 Å². The molecule has 0 spiro atoms. The fourth-order valence-electron chi connectivity index (χ4n) is 1.48. The Hall–Kier alpha value is -1.38. The maximum Gasteiger partial charge on any atom is 0.185 e. The van der Waals surface area contributed by atoms with Gasteiger partial charge in [0.25, 0.3) is 0 Å². The lowest BCUT2D eigenvalue weighted by Crippen LogP contribution is -2.05. The molecule has 0 aliphatic heterocycles. The Morgan fingerprint density at radius 1 is 1.12 bits per heavy atom. The summed E-state index contributed by atoms with van der Waals surface area (Å²) >= 11 is 11.9. The molecule has 0 aliphatic carbocycles. The highest BCUT2D eigenvalue weighted by Gasteiger charge is 2.11. The highest BCUT2D eigenvalue weighted by molar-refractivity contribution is 6.42. The van der Waals surface area contributed by atoms with E-state index in [1.165, 1.54) is 0 Å². The topological polar surface area (TPSA) is 30.0 Å². The molecule has 0 bridgehead atoms. The smallest absolute Gasteiger partial charge is 0.185 e. The molecule has 2 aromatic rings. The van der Waals surface area contributed by atoms with Gasteiger partial charge in [0.2, 0.25) is 0 Å². The first-order valence-corrected chi connectivity index (χ1v) is 5.81. The molecule has 1 heterocycles. The van der Waals surface area contributed by atoms with Crippen molar-refractivity contribution in [2.75, 3.05) is 0 Å². The average molecular weight is 266 g/mol. The van der Waals surface area contributed by atoms with Gasteiger partial charge in [0.05, 0.1) is 10.0 Å². The zero-order chi connectivity index (χ0) is 12.3. The van der Waals surface area contributed by atoms with Gasteiger partial charge in [-0.1, -0.05) is 41.4 Å². The van der Waals surface area contributed by atoms with E-state index < -0.39 is 0 Å². The van der Waals surface area contributed by atoms with E-state index >= 15 is 0 Å². The Kier molecular flexibility index (Phi) is 3.77. The van der Waals surface area contributed by atoms with Crippen molar-refractivity contribution in [3.05, 3.63) is 63.9 Å². The van der Waals surface area contributed by atoms with Crippen LogP contribution in [0.5, 0.6) is 0 Å². The van der Waals surface area contributed by atoms with Crippen LogP contribution in [0.1, 0.15) is 16.1 Å². The first-order valence-electron chi connectivity index (χ1n) is 5.05. The second-order valence-electron chi connectivity index (χ2n) is 3.53. The molecule has 0 radical (unpaired) electrons. The van der Waals surface area contributed by atoms with Gasteiger partial charge in [-0.3, -0.25) is 9.78 Å². The van der Waals surface area contributed by atoms with Crippen molar-refractivity contribution in [3.63, 3.8) is 0 Å². The van der Waals surface area contributed by atoms with E-state index in [1.54, 1.807) is 42.6 Å². The lowest BCUT2D eigenvalue weighted by atomic mass is 10.1. The van der Waals surface area contributed by atoms with Gasteiger partial charge in [0, 0.05) is 12.6 Å². The predicted molar refractivity (Wildman–Crippen MR) is 68.7 cm³/mol. The summed E-state index contributed by atoms with van der Waals surface area (Å²) in [6, 6.07) is 10.5. The normalized spacial score (nSPS) is 10.2. The third kappa shape index (κ3) is 2.84. The zero-order valence-electron chi connectivity index (χ0n) is 8.86. The summed E-state index contributed by atoms with van der Waals surface area (Å²) in [4.78, 5) is 15.9. The summed E-state index contributed by atoms with van der Waals surface area (Å²) in [5.74, 6) is -0.0743. The molecule has 0 fully saturated rings. The third-order valence-corrected chi connectivity index (χ3v) is 3.19. The molecule has 0 amide bonds. The van der Waals surface area contributed by atoms with E-state index in [4.69, 9.17) is 23.2 Å². The molecule has 4 heteroatoms. The van der Waals surface area contributed by atoms with Gasteiger partial charge >= 0.3 is 0 Å². The largest absolute Gasteiger partial charge is 0.292 e. The number of hydrogen-bond acceptors (Lipinski definition) is 2. The summed E-state index contributed by atoms with van der Waals surface area (Å²) in [7, 11) is 0. The van der Waals surface area contributed by atoms with Gasteiger partial charge in [-0.15, -0.1) is 0 Å².